The van der Waals surface area contributed by atoms with Crippen molar-refractivity contribution in [3.63, 3.8) is 0 Å². The highest BCUT2D eigenvalue weighted by Crippen LogP contribution is 2.38. The molecule has 0 bridgehead atoms. The van der Waals surface area contributed by atoms with Crippen LogP contribution in [-0.2, 0) is 0 Å². The summed E-state index contributed by atoms with van der Waals surface area (Å²) in [5.41, 5.74) is 2.06. The van der Waals surface area contributed by atoms with E-state index in [1.165, 1.54) is 0 Å². The van der Waals surface area contributed by atoms with Gasteiger partial charge in [0.15, 0.2) is 11.5 Å². The molecule has 24 heavy (non-hydrogen) atoms. The fraction of sp³-hybridized carbons (Fsp3) is 0.278. The second-order valence-electron chi connectivity index (χ2n) is 5.37. The Hall–Kier alpha value is -2.40. The Morgan fingerprint density at radius 1 is 1.25 bits per heavy atom. The Morgan fingerprint density at radius 3 is 2.83 bits per heavy atom. The van der Waals surface area contributed by atoms with Gasteiger partial charge in [-0.05, 0) is 43.7 Å². The third-order valence-corrected chi connectivity index (χ3v) is 3.82. The molecular formula is C18H18ClNO4. The maximum absolute atomic E-state index is 12.6. The molecule has 2 aromatic rings. The van der Waals surface area contributed by atoms with Crippen LogP contribution in [0.3, 0.4) is 0 Å². The zero-order valence-corrected chi connectivity index (χ0v) is 14.3. The molecule has 0 aromatic heterocycles. The Morgan fingerprint density at radius 2 is 2.04 bits per heavy atom. The molecule has 0 saturated heterocycles. The minimum atomic E-state index is -0.293. The van der Waals surface area contributed by atoms with E-state index in [1.807, 2.05) is 32.0 Å². The highest BCUT2D eigenvalue weighted by Gasteiger charge is 2.20. The lowest BCUT2D eigenvalue weighted by Gasteiger charge is -2.20. The number of amides is 1. The number of nitrogens with one attached hydrogen (secondary N) is 1. The average Bonchev–Trinajstić information content (AvgIpc) is 2.57. The number of rotatable bonds is 4. The first-order valence-electron chi connectivity index (χ1n) is 7.72. The summed E-state index contributed by atoms with van der Waals surface area (Å²) in [6.45, 7) is 5.26. The Bertz CT molecular complexity index is 776. The van der Waals surface area contributed by atoms with E-state index in [4.69, 9.17) is 25.8 Å². The first kappa shape index (κ1) is 16.5. The first-order valence-corrected chi connectivity index (χ1v) is 8.10. The minimum Gasteiger partial charge on any atom is -0.492 e. The molecule has 1 aliphatic rings. The topological polar surface area (TPSA) is 56.8 Å². The molecule has 2 aromatic carbocycles. The highest BCUT2D eigenvalue weighted by atomic mass is 35.5. The molecule has 0 saturated carbocycles. The van der Waals surface area contributed by atoms with Crippen LogP contribution in [0.5, 0.6) is 17.2 Å². The number of aryl methyl sites for hydroxylation is 1. The summed E-state index contributed by atoms with van der Waals surface area (Å²) in [6.07, 6.45) is 0. The smallest absolute Gasteiger partial charge is 0.255 e. The summed E-state index contributed by atoms with van der Waals surface area (Å²) in [5.74, 6) is 1.30. The molecule has 0 atom stereocenters. The maximum Gasteiger partial charge on any atom is 0.255 e. The zero-order chi connectivity index (χ0) is 17.1. The number of halogens is 1. The normalized spacial score (nSPS) is 12.6. The summed E-state index contributed by atoms with van der Waals surface area (Å²) < 4.78 is 16.6. The van der Waals surface area contributed by atoms with Crippen molar-refractivity contribution in [3.05, 3.63) is 46.5 Å². The monoisotopic (exact) mass is 347 g/mol. The molecule has 0 aliphatic carbocycles. The van der Waals surface area contributed by atoms with E-state index in [1.54, 1.807) is 12.1 Å². The van der Waals surface area contributed by atoms with Gasteiger partial charge in [0.05, 0.1) is 17.3 Å². The van der Waals surface area contributed by atoms with Gasteiger partial charge in [0.2, 0.25) is 0 Å². The molecule has 0 radical (unpaired) electrons. The molecule has 0 unspecified atom stereocenters. The van der Waals surface area contributed by atoms with Crippen LogP contribution in [0.15, 0.2) is 30.3 Å². The van der Waals surface area contributed by atoms with E-state index in [0.717, 1.165) is 5.56 Å². The van der Waals surface area contributed by atoms with Crippen molar-refractivity contribution >= 4 is 23.2 Å². The van der Waals surface area contributed by atoms with Gasteiger partial charge < -0.3 is 19.5 Å². The van der Waals surface area contributed by atoms with Crippen LogP contribution in [-0.4, -0.2) is 25.7 Å². The number of carbonyl (C=O) groups excluding carboxylic acids is 1. The van der Waals surface area contributed by atoms with Crippen LogP contribution in [0.25, 0.3) is 0 Å². The molecule has 1 aliphatic heterocycles. The summed E-state index contributed by atoms with van der Waals surface area (Å²) in [4.78, 5) is 12.6. The Labute approximate surface area is 145 Å². The van der Waals surface area contributed by atoms with Crippen molar-refractivity contribution in [1.82, 2.24) is 0 Å². The quantitative estimate of drug-likeness (QED) is 0.905. The van der Waals surface area contributed by atoms with E-state index in [9.17, 15) is 4.79 Å². The van der Waals surface area contributed by atoms with Gasteiger partial charge >= 0.3 is 0 Å². The van der Waals surface area contributed by atoms with E-state index < -0.39 is 0 Å². The summed E-state index contributed by atoms with van der Waals surface area (Å²) in [6, 6.07) is 8.81. The maximum atomic E-state index is 12.6. The van der Waals surface area contributed by atoms with Gasteiger partial charge in [0, 0.05) is 5.56 Å². The number of hydrogen-bond donors (Lipinski definition) is 1. The Kier molecular flexibility index (Phi) is 4.81. The summed E-state index contributed by atoms with van der Waals surface area (Å²) >= 11 is 6.19. The lowest BCUT2D eigenvalue weighted by molar-refractivity contribution is 0.102. The number of carbonyl (C=O) groups is 1. The van der Waals surface area contributed by atoms with Crippen molar-refractivity contribution in [2.24, 2.45) is 0 Å². The van der Waals surface area contributed by atoms with Gasteiger partial charge in [-0.15, -0.1) is 0 Å². The number of benzene rings is 2. The van der Waals surface area contributed by atoms with E-state index in [2.05, 4.69) is 5.32 Å². The number of fused-ring (bicyclic) bond motifs is 1. The fourth-order valence-corrected chi connectivity index (χ4v) is 2.71. The largest absolute Gasteiger partial charge is 0.492 e. The minimum absolute atomic E-state index is 0.293. The summed E-state index contributed by atoms with van der Waals surface area (Å²) in [5, 5.41) is 3.21. The van der Waals surface area contributed by atoms with Gasteiger partial charge in [-0.25, -0.2) is 0 Å². The van der Waals surface area contributed by atoms with Crippen molar-refractivity contribution in [2.45, 2.75) is 13.8 Å². The highest BCUT2D eigenvalue weighted by molar-refractivity contribution is 6.32. The second-order valence-corrected chi connectivity index (χ2v) is 5.78. The van der Waals surface area contributed by atoms with Crippen LogP contribution < -0.4 is 19.5 Å². The van der Waals surface area contributed by atoms with E-state index in [-0.39, 0.29) is 5.91 Å². The number of anilines is 1. The van der Waals surface area contributed by atoms with Gasteiger partial charge in [-0.3, -0.25) is 4.79 Å². The van der Waals surface area contributed by atoms with Gasteiger partial charge in [0.25, 0.3) is 5.91 Å². The fourth-order valence-electron chi connectivity index (χ4n) is 2.44. The molecule has 1 amide bonds. The zero-order valence-electron chi connectivity index (χ0n) is 13.5. The molecular weight excluding hydrogens is 330 g/mol. The lowest BCUT2D eigenvalue weighted by Crippen LogP contribution is -2.18. The standard InChI is InChI=1S/C18H18ClNO4/c1-3-22-15-8-11(2)4-5-14(15)20-18(21)12-9-13(19)17-16(10-12)23-6-7-24-17/h4-5,8-10H,3,6-7H2,1-2H3,(H,20,21). The summed E-state index contributed by atoms with van der Waals surface area (Å²) in [7, 11) is 0. The average molecular weight is 348 g/mol. The molecule has 1 N–H and O–H groups in total. The van der Waals surface area contributed by atoms with Crippen molar-refractivity contribution in [1.29, 1.82) is 0 Å². The van der Waals surface area contributed by atoms with E-state index >= 15 is 0 Å². The van der Waals surface area contributed by atoms with Crippen molar-refractivity contribution in [2.75, 3.05) is 25.1 Å². The van der Waals surface area contributed by atoms with E-state index in [0.29, 0.717) is 53.3 Å². The molecule has 1 heterocycles. The van der Waals surface area contributed by atoms with Crippen LogP contribution in [0.1, 0.15) is 22.8 Å². The van der Waals surface area contributed by atoms with Crippen LogP contribution in [0, 0.1) is 6.92 Å². The molecule has 3 rings (SSSR count). The molecule has 0 fully saturated rings. The van der Waals surface area contributed by atoms with Gasteiger partial charge in [0.1, 0.15) is 19.0 Å². The SMILES string of the molecule is CCOc1cc(C)ccc1NC(=O)c1cc(Cl)c2c(c1)OCCO2. The van der Waals surface area contributed by atoms with Crippen LogP contribution in [0.4, 0.5) is 5.69 Å². The lowest BCUT2D eigenvalue weighted by atomic mass is 10.1. The molecule has 5 nitrogen and oxygen atoms in total. The number of ether oxygens (including phenoxy) is 3. The predicted molar refractivity (Wildman–Crippen MR) is 92.7 cm³/mol. The molecule has 126 valence electrons. The van der Waals surface area contributed by atoms with Crippen molar-refractivity contribution in [3.8, 4) is 17.2 Å². The molecule has 6 heteroatoms. The van der Waals surface area contributed by atoms with Gasteiger partial charge in [-0.1, -0.05) is 17.7 Å². The van der Waals surface area contributed by atoms with Crippen molar-refractivity contribution < 1.29 is 19.0 Å². The third kappa shape index (κ3) is 3.41. The van der Waals surface area contributed by atoms with Gasteiger partial charge in [-0.2, -0.15) is 0 Å². The van der Waals surface area contributed by atoms with Crippen LogP contribution in [0.2, 0.25) is 5.02 Å². The Balaban J connectivity index is 1.87. The first-order chi connectivity index (χ1) is 11.6. The third-order valence-electron chi connectivity index (χ3n) is 3.54. The predicted octanol–water partition coefficient (Wildman–Crippen LogP) is 4.07. The molecule has 0 spiro atoms. The second kappa shape index (κ2) is 7.01. The van der Waals surface area contributed by atoms with Crippen LogP contribution >= 0.6 is 11.6 Å². The number of hydrogen-bond acceptors (Lipinski definition) is 4.